The maximum absolute atomic E-state index is 11.9. The van der Waals surface area contributed by atoms with Crippen molar-refractivity contribution >= 4 is 5.91 Å². The normalized spacial score (nSPS) is 11.3. The molecule has 21 heavy (non-hydrogen) atoms. The van der Waals surface area contributed by atoms with Crippen LogP contribution in [0.4, 0.5) is 0 Å². The van der Waals surface area contributed by atoms with Crippen LogP contribution in [0.1, 0.15) is 24.1 Å². The Morgan fingerprint density at radius 2 is 2.19 bits per heavy atom. The molecule has 0 bridgehead atoms. The van der Waals surface area contributed by atoms with Crippen molar-refractivity contribution in [2.24, 2.45) is 0 Å². The Labute approximate surface area is 122 Å². The Hall–Kier alpha value is -2.65. The first-order valence-corrected chi connectivity index (χ1v) is 6.50. The Bertz CT molecular complexity index is 639. The van der Waals surface area contributed by atoms with Crippen LogP contribution >= 0.6 is 0 Å². The number of benzene rings is 1. The minimum absolute atomic E-state index is 0.110. The van der Waals surface area contributed by atoms with Crippen LogP contribution in [0.3, 0.4) is 0 Å². The first-order chi connectivity index (χ1) is 10.2. The van der Waals surface area contributed by atoms with Crippen LogP contribution < -0.4 is 5.32 Å². The molecule has 1 aromatic carbocycles. The van der Waals surface area contributed by atoms with Crippen LogP contribution in [0.5, 0.6) is 0 Å². The average Bonchev–Trinajstić information content (AvgIpc) is 2.98. The molecule has 0 aliphatic heterocycles. The van der Waals surface area contributed by atoms with Gasteiger partial charge in [-0.05, 0) is 24.6 Å². The molecule has 0 saturated carbocycles. The molecule has 0 aliphatic rings. The van der Waals surface area contributed by atoms with Gasteiger partial charge in [-0.15, -0.1) is 0 Å². The van der Waals surface area contributed by atoms with E-state index in [1.165, 1.54) is 17.3 Å². The Balaban J connectivity index is 1.93. The molecular formula is C15H16N4O2. The lowest BCUT2D eigenvalue weighted by molar-refractivity contribution is -0.122. The van der Waals surface area contributed by atoms with Gasteiger partial charge < -0.3 is 10.4 Å². The highest BCUT2D eigenvalue weighted by Crippen LogP contribution is 2.13. The van der Waals surface area contributed by atoms with Gasteiger partial charge in [0.1, 0.15) is 25.8 Å². The Morgan fingerprint density at radius 3 is 2.81 bits per heavy atom. The number of aliphatic hydroxyl groups excluding tert-OH is 1. The first kappa shape index (κ1) is 14.8. The summed E-state index contributed by atoms with van der Waals surface area (Å²) in [5.74, 6) is 5.29. The molecule has 0 fully saturated rings. The van der Waals surface area contributed by atoms with Crippen LogP contribution in [-0.2, 0) is 11.3 Å². The molecule has 1 atom stereocenters. The number of hydrogen-bond donors (Lipinski definition) is 2. The number of hydrogen-bond acceptors (Lipinski definition) is 4. The van der Waals surface area contributed by atoms with Gasteiger partial charge >= 0.3 is 0 Å². The third-order valence-electron chi connectivity index (χ3n) is 2.87. The smallest absolute Gasteiger partial charge is 0.242 e. The van der Waals surface area contributed by atoms with E-state index in [-0.39, 0.29) is 25.1 Å². The molecule has 0 radical (unpaired) electrons. The van der Waals surface area contributed by atoms with Crippen molar-refractivity contribution in [3.05, 3.63) is 48.0 Å². The monoisotopic (exact) mass is 284 g/mol. The number of carbonyl (C=O) groups excluding carboxylic acids is 1. The van der Waals surface area contributed by atoms with Gasteiger partial charge in [-0.2, -0.15) is 5.10 Å². The maximum atomic E-state index is 11.9. The largest absolute Gasteiger partial charge is 0.384 e. The third kappa shape index (κ3) is 4.44. The van der Waals surface area contributed by atoms with Crippen molar-refractivity contribution < 1.29 is 9.90 Å². The highest BCUT2D eigenvalue weighted by molar-refractivity contribution is 5.76. The lowest BCUT2D eigenvalue weighted by atomic mass is 10.1. The number of nitrogens with one attached hydrogen (secondary N) is 1. The second kappa shape index (κ2) is 7.22. The number of carbonyl (C=O) groups is 1. The van der Waals surface area contributed by atoms with Crippen LogP contribution in [0, 0.1) is 11.8 Å². The summed E-state index contributed by atoms with van der Waals surface area (Å²) in [5, 5.41) is 15.4. The number of nitrogens with zero attached hydrogens (tertiary/aromatic N) is 3. The molecule has 0 aliphatic carbocycles. The molecule has 108 valence electrons. The first-order valence-electron chi connectivity index (χ1n) is 6.50. The number of amides is 1. The van der Waals surface area contributed by atoms with E-state index in [2.05, 4.69) is 27.2 Å². The Kier molecular flexibility index (Phi) is 5.07. The van der Waals surface area contributed by atoms with Crippen LogP contribution in [0.25, 0.3) is 0 Å². The lowest BCUT2D eigenvalue weighted by Gasteiger charge is -2.14. The summed E-state index contributed by atoms with van der Waals surface area (Å²) in [5.41, 5.74) is 1.81. The van der Waals surface area contributed by atoms with Gasteiger partial charge in [0.2, 0.25) is 5.91 Å². The second-order valence-corrected chi connectivity index (χ2v) is 4.46. The number of rotatable bonds is 4. The molecule has 1 heterocycles. The average molecular weight is 284 g/mol. The fraction of sp³-hybridized carbons (Fsp3) is 0.267. The predicted molar refractivity (Wildman–Crippen MR) is 77.0 cm³/mol. The van der Waals surface area contributed by atoms with Gasteiger partial charge in [0.05, 0.1) is 6.04 Å². The zero-order valence-electron chi connectivity index (χ0n) is 11.7. The fourth-order valence-corrected chi connectivity index (χ4v) is 1.83. The quantitative estimate of drug-likeness (QED) is 0.801. The Morgan fingerprint density at radius 1 is 1.43 bits per heavy atom. The molecule has 1 unspecified atom stereocenters. The van der Waals surface area contributed by atoms with Gasteiger partial charge in [0.25, 0.3) is 0 Å². The van der Waals surface area contributed by atoms with Gasteiger partial charge in [-0.3, -0.25) is 4.79 Å². The SMILES string of the molecule is CC(NC(=O)Cn1cncn1)c1ccc(C#CCO)cc1. The molecule has 1 amide bonds. The maximum Gasteiger partial charge on any atom is 0.242 e. The topological polar surface area (TPSA) is 80.0 Å². The lowest BCUT2D eigenvalue weighted by Crippen LogP contribution is -2.30. The van der Waals surface area contributed by atoms with Crippen molar-refractivity contribution in [3.63, 3.8) is 0 Å². The van der Waals surface area contributed by atoms with E-state index in [0.29, 0.717) is 0 Å². The van der Waals surface area contributed by atoms with E-state index in [1.54, 1.807) is 0 Å². The minimum atomic E-state index is -0.156. The molecule has 0 spiro atoms. The molecular weight excluding hydrogens is 268 g/mol. The van der Waals surface area contributed by atoms with E-state index < -0.39 is 0 Å². The number of aliphatic hydroxyl groups is 1. The third-order valence-corrected chi connectivity index (χ3v) is 2.87. The van der Waals surface area contributed by atoms with Crippen LogP contribution in [-0.4, -0.2) is 32.4 Å². The molecule has 6 nitrogen and oxygen atoms in total. The molecule has 0 saturated heterocycles. The minimum Gasteiger partial charge on any atom is -0.384 e. The highest BCUT2D eigenvalue weighted by atomic mass is 16.2. The van der Waals surface area contributed by atoms with Gasteiger partial charge in [-0.25, -0.2) is 9.67 Å². The summed E-state index contributed by atoms with van der Waals surface area (Å²) in [6.07, 6.45) is 2.89. The van der Waals surface area contributed by atoms with Gasteiger partial charge in [0, 0.05) is 5.56 Å². The van der Waals surface area contributed by atoms with Gasteiger partial charge in [0.15, 0.2) is 0 Å². The van der Waals surface area contributed by atoms with E-state index in [1.807, 2.05) is 31.2 Å². The van der Waals surface area contributed by atoms with Crippen molar-refractivity contribution in [2.75, 3.05) is 6.61 Å². The second-order valence-electron chi connectivity index (χ2n) is 4.46. The van der Waals surface area contributed by atoms with Crippen molar-refractivity contribution in [1.29, 1.82) is 0 Å². The number of aromatic nitrogens is 3. The molecule has 2 N–H and O–H groups in total. The standard InChI is InChI=1S/C15H16N4O2/c1-12(18-15(21)9-19-11-16-10-17-19)14-6-4-13(5-7-14)3-2-8-20/h4-7,10-12,20H,8-9H2,1H3,(H,18,21). The van der Waals surface area contributed by atoms with Crippen molar-refractivity contribution in [3.8, 4) is 11.8 Å². The predicted octanol–water partition coefficient (Wildman–Crippen LogP) is 0.499. The fourth-order valence-electron chi connectivity index (χ4n) is 1.83. The van der Waals surface area contributed by atoms with Crippen molar-refractivity contribution in [1.82, 2.24) is 20.1 Å². The van der Waals surface area contributed by atoms with E-state index in [0.717, 1.165) is 11.1 Å². The summed E-state index contributed by atoms with van der Waals surface area (Å²) < 4.78 is 1.47. The summed E-state index contributed by atoms with van der Waals surface area (Å²) >= 11 is 0. The summed E-state index contributed by atoms with van der Waals surface area (Å²) in [4.78, 5) is 15.6. The summed E-state index contributed by atoms with van der Waals surface area (Å²) in [7, 11) is 0. The molecule has 6 heteroatoms. The zero-order chi connectivity index (χ0) is 15.1. The molecule has 1 aromatic heterocycles. The van der Waals surface area contributed by atoms with Crippen LogP contribution in [0.15, 0.2) is 36.9 Å². The van der Waals surface area contributed by atoms with E-state index >= 15 is 0 Å². The molecule has 2 aromatic rings. The van der Waals surface area contributed by atoms with E-state index in [4.69, 9.17) is 5.11 Å². The van der Waals surface area contributed by atoms with Crippen molar-refractivity contribution in [2.45, 2.75) is 19.5 Å². The molecule has 2 rings (SSSR count). The summed E-state index contributed by atoms with van der Waals surface area (Å²) in [6, 6.07) is 7.42. The zero-order valence-corrected chi connectivity index (χ0v) is 11.7. The van der Waals surface area contributed by atoms with Gasteiger partial charge in [-0.1, -0.05) is 24.0 Å². The highest BCUT2D eigenvalue weighted by Gasteiger charge is 2.10. The summed E-state index contributed by atoms with van der Waals surface area (Å²) in [6.45, 7) is 1.90. The van der Waals surface area contributed by atoms with E-state index in [9.17, 15) is 4.79 Å². The van der Waals surface area contributed by atoms with Crippen LogP contribution in [0.2, 0.25) is 0 Å².